The fourth-order valence-corrected chi connectivity index (χ4v) is 2.16. The molecule has 0 aliphatic carbocycles. The molecule has 1 saturated heterocycles. The van der Waals surface area contributed by atoms with Gasteiger partial charge in [-0.15, -0.1) is 0 Å². The molecule has 1 unspecified atom stereocenters. The second-order valence-corrected chi connectivity index (χ2v) is 4.64. The van der Waals surface area contributed by atoms with E-state index in [1.165, 1.54) is 25.5 Å². The second-order valence-electron chi connectivity index (χ2n) is 4.64. The van der Waals surface area contributed by atoms with E-state index in [1.807, 2.05) is 6.92 Å². The summed E-state index contributed by atoms with van der Waals surface area (Å²) in [5.74, 6) is 0.730. The summed E-state index contributed by atoms with van der Waals surface area (Å²) in [6.07, 6.45) is 4.96. The van der Waals surface area contributed by atoms with Crippen LogP contribution in [-0.2, 0) is 0 Å². The number of aromatic nitrogens is 1. The zero-order valence-electron chi connectivity index (χ0n) is 10.5. The lowest BCUT2D eigenvalue weighted by atomic mass is 10.1. The molecule has 1 aromatic rings. The van der Waals surface area contributed by atoms with Gasteiger partial charge >= 0.3 is 0 Å². The maximum Gasteiger partial charge on any atom is 0.287 e. The molecule has 98 valence electrons. The lowest BCUT2D eigenvalue weighted by Gasteiger charge is -2.24. The van der Waals surface area contributed by atoms with Crippen molar-refractivity contribution in [2.24, 2.45) is 0 Å². The van der Waals surface area contributed by atoms with Crippen molar-refractivity contribution in [3.05, 3.63) is 27.9 Å². The number of aryl methyl sites for hydroxylation is 1. The second kappa shape index (κ2) is 5.77. The van der Waals surface area contributed by atoms with Crippen LogP contribution in [0.1, 0.15) is 24.8 Å². The van der Waals surface area contributed by atoms with Crippen LogP contribution in [0.4, 0.5) is 11.5 Å². The van der Waals surface area contributed by atoms with E-state index in [0.29, 0.717) is 6.04 Å². The standard InChI is InChI=1S/C12H18N4O2/c1-9-6-11(16(17)18)8-15-12(9)14-7-10-4-2-3-5-13-10/h6,8,10,13H,2-5,7H2,1H3,(H,14,15). The van der Waals surface area contributed by atoms with Crippen molar-refractivity contribution in [2.45, 2.75) is 32.2 Å². The van der Waals surface area contributed by atoms with Gasteiger partial charge in [0.25, 0.3) is 5.69 Å². The van der Waals surface area contributed by atoms with Gasteiger partial charge in [0.15, 0.2) is 0 Å². The third-order valence-corrected chi connectivity index (χ3v) is 3.20. The van der Waals surface area contributed by atoms with Crippen molar-refractivity contribution in [3.63, 3.8) is 0 Å². The number of pyridine rings is 1. The fourth-order valence-electron chi connectivity index (χ4n) is 2.16. The van der Waals surface area contributed by atoms with Crippen LogP contribution >= 0.6 is 0 Å². The smallest absolute Gasteiger partial charge is 0.287 e. The first-order valence-electron chi connectivity index (χ1n) is 6.25. The highest BCUT2D eigenvalue weighted by Gasteiger charge is 2.14. The van der Waals surface area contributed by atoms with Crippen molar-refractivity contribution >= 4 is 11.5 Å². The number of nitrogens with one attached hydrogen (secondary N) is 2. The van der Waals surface area contributed by atoms with Gasteiger partial charge in [-0.05, 0) is 31.9 Å². The van der Waals surface area contributed by atoms with E-state index in [-0.39, 0.29) is 5.69 Å². The molecule has 2 N–H and O–H groups in total. The summed E-state index contributed by atoms with van der Waals surface area (Å²) in [6, 6.07) is 2.01. The number of anilines is 1. The first-order valence-corrected chi connectivity index (χ1v) is 6.25. The molecule has 1 aliphatic heterocycles. The molecular formula is C12H18N4O2. The van der Waals surface area contributed by atoms with E-state index < -0.39 is 4.92 Å². The molecule has 0 saturated carbocycles. The highest BCUT2D eigenvalue weighted by molar-refractivity contribution is 5.48. The molecule has 6 heteroatoms. The van der Waals surface area contributed by atoms with E-state index in [4.69, 9.17) is 0 Å². The maximum atomic E-state index is 10.6. The zero-order valence-corrected chi connectivity index (χ0v) is 10.5. The predicted octanol–water partition coefficient (Wildman–Crippen LogP) is 1.85. The molecule has 2 heterocycles. The number of nitro groups is 1. The Morgan fingerprint density at radius 2 is 2.44 bits per heavy atom. The summed E-state index contributed by atoms with van der Waals surface area (Å²) in [4.78, 5) is 14.3. The highest BCUT2D eigenvalue weighted by atomic mass is 16.6. The quantitative estimate of drug-likeness (QED) is 0.629. The summed E-state index contributed by atoms with van der Waals surface area (Å²) in [5.41, 5.74) is 0.842. The van der Waals surface area contributed by atoms with E-state index in [2.05, 4.69) is 15.6 Å². The fraction of sp³-hybridized carbons (Fsp3) is 0.583. The average molecular weight is 250 g/mol. The number of piperidine rings is 1. The first kappa shape index (κ1) is 12.8. The number of hydrogen-bond donors (Lipinski definition) is 2. The van der Waals surface area contributed by atoms with E-state index >= 15 is 0 Å². The summed E-state index contributed by atoms with van der Waals surface area (Å²) in [7, 11) is 0. The Balaban J connectivity index is 1.94. The molecule has 18 heavy (non-hydrogen) atoms. The third-order valence-electron chi connectivity index (χ3n) is 3.20. The molecule has 1 atom stereocenters. The molecule has 0 spiro atoms. The van der Waals surface area contributed by atoms with Crippen molar-refractivity contribution in [2.75, 3.05) is 18.4 Å². The van der Waals surface area contributed by atoms with Crippen LogP contribution < -0.4 is 10.6 Å². The Bertz CT molecular complexity index is 430. The molecule has 0 amide bonds. The Morgan fingerprint density at radius 1 is 1.61 bits per heavy atom. The van der Waals surface area contributed by atoms with Crippen LogP contribution in [0.15, 0.2) is 12.3 Å². The minimum atomic E-state index is -0.424. The van der Waals surface area contributed by atoms with Crippen molar-refractivity contribution in [1.82, 2.24) is 10.3 Å². The minimum Gasteiger partial charge on any atom is -0.368 e. The molecule has 1 fully saturated rings. The highest BCUT2D eigenvalue weighted by Crippen LogP contribution is 2.18. The summed E-state index contributed by atoms with van der Waals surface area (Å²) < 4.78 is 0. The van der Waals surface area contributed by atoms with Gasteiger partial charge in [-0.25, -0.2) is 4.98 Å². The summed E-state index contributed by atoms with van der Waals surface area (Å²) in [6.45, 7) is 3.71. The maximum absolute atomic E-state index is 10.6. The van der Waals surface area contributed by atoms with Gasteiger partial charge in [-0.2, -0.15) is 0 Å². The Hall–Kier alpha value is -1.69. The van der Waals surface area contributed by atoms with Gasteiger partial charge < -0.3 is 10.6 Å². The molecule has 1 aliphatic rings. The van der Waals surface area contributed by atoms with Gasteiger partial charge in [0.2, 0.25) is 0 Å². The number of nitrogens with zero attached hydrogens (tertiary/aromatic N) is 2. The van der Waals surface area contributed by atoms with Crippen LogP contribution in [0.5, 0.6) is 0 Å². The van der Waals surface area contributed by atoms with Gasteiger partial charge in [-0.1, -0.05) is 6.42 Å². The lowest BCUT2D eigenvalue weighted by Crippen LogP contribution is -2.39. The number of rotatable bonds is 4. The summed E-state index contributed by atoms with van der Waals surface area (Å²) >= 11 is 0. The van der Waals surface area contributed by atoms with E-state index in [1.54, 1.807) is 6.07 Å². The van der Waals surface area contributed by atoms with Crippen molar-refractivity contribution < 1.29 is 4.92 Å². The molecule has 6 nitrogen and oxygen atoms in total. The summed E-state index contributed by atoms with van der Waals surface area (Å²) in [5, 5.41) is 17.3. The average Bonchev–Trinajstić information content (AvgIpc) is 2.38. The molecule has 0 aromatic carbocycles. The SMILES string of the molecule is Cc1cc([N+](=O)[O-])cnc1NCC1CCCCN1. The van der Waals surface area contributed by atoms with Gasteiger partial charge in [0.1, 0.15) is 12.0 Å². The molecular weight excluding hydrogens is 232 g/mol. The van der Waals surface area contributed by atoms with Crippen LogP contribution in [0.2, 0.25) is 0 Å². The minimum absolute atomic E-state index is 0.0360. The topological polar surface area (TPSA) is 80.1 Å². The number of hydrogen-bond acceptors (Lipinski definition) is 5. The van der Waals surface area contributed by atoms with E-state index in [9.17, 15) is 10.1 Å². The lowest BCUT2D eigenvalue weighted by molar-refractivity contribution is -0.385. The van der Waals surface area contributed by atoms with Crippen LogP contribution in [0.3, 0.4) is 0 Å². The monoisotopic (exact) mass is 250 g/mol. The molecule has 1 aromatic heterocycles. The molecule has 0 radical (unpaired) electrons. The van der Waals surface area contributed by atoms with Crippen molar-refractivity contribution in [3.8, 4) is 0 Å². The Morgan fingerprint density at radius 3 is 3.06 bits per heavy atom. The zero-order chi connectivity index (χ0) is 13.0. The normalized spacial score (nSPS) is 19.5. The van der Waals surface area contributed by atoms with Gasteiger partial charge in [0.05, 0.1) is 4.92 Å². The third kappa shape index (κ3) is 3.16. The van der Waals surface area contributed by atoms with Gasteiger partial charge in [0, 0.05) is 18.7 Å². The van der Waals surface area contributed by atoms with E-state index in [0.717, 1.165) is 24.5 Å². The van der Waals surface area contributed by atoms with Gasteiger partial charge in [-0.3, -0.25) is 10.1 Å². The Kier molecular flexibility index (Phi) is 4.09. The van der Waals surface area contributed by atoms with Crippen LogP contribution in [0, 0.1) is 17.0 Å². The predicted molar refractivity (Wildman–Crippen MR) is 69.8 cm³/mol. The molecule has 2 rings (SSSR count). The molecule has 0 bridgehead atoms. The van der Waals surface area contributed by atoms with Crippen LogP contribution in [-0.4, -0.2) is 29.0 Å². The van der Waals surface area contributed by atoms with Crippen molar-refractivity contribution in [1.29, 1.82) is 0 Å². The Labute approximate surface area is 106 Å². The first-order chi connectivity index (χ1) is 8.66. The largest absolute Gasteiger partial charge is 0.368 e. The van der Waals surface area contributed by atoms with Crippen LogP contribution in [0.25, 0.3) is 0 Å².